The largest absolute Gasteiger partial charge is 0.393 e. The molecule has 4 nitrogen and oxygen atoms in total. The summed E-state index contributed by atoms with van der Waals surface area (Å²) in [5, 5.41) is 21.7. The van der Waals surface area contributed by atoms with Crippen molar-refractivity contribution in [2.75, 3.05) is 11.4 Å². The van der Waals surface area contributed by atoms with Crippen molar-refractivity contribution in [1.29, 1.82) is 0 Å². The molecule has 1 aromatic rings. The molecule has 5 heteroatoms. The van der Waals surface area contributed by atoms with Crippen molar-refractivity contribution in [3.8, 4) is 0 Å². The van der Waals surface area contributed by atoms with Gasteiger partial charge in [-0.1, -0.05) is 29.8 Å². The van der Waals surface area contributed by atoms with Gasteiger partial charge in [0, 0.05) is 23.1 Å². The van der Waals surface area contributed by atoms with Crippen LogP contribution < -0.4 is 4.90 Å². The van der Waals surface area contributed by atoms with Crippen molar-refractivity contribution < 1.29 is 15.0 Å². The Morgan fingerprint density at radius 2 is 1.83 bits per heavy atom. The predicted molar refractivity (Wildman–Crippen MR) is 147 cm³/mol. The number of rotatable bonds is 4. The van der Waals surface area contributed by atoms with E-state index in [0.717, 1.165) is 61.7 Å². The summed E-state index contributed by atoms with van der Waals surface area (Å²) < 4.78 is 1.09. The van der Waals surface area contributed by atoms with E-state index in [-0.39, 0.29) is 23.5 Å². The highest BCUT2D eigenvalue weighted by molar-refractivity contribution is 9.10. The number of hydrogen-bond donors (Lipinski definition) is 2. The van der Waals surface area contributed by atoms with Gasteiger partial charge in [-0.25, -0.2) is 0 Å². The van der Waals surface area contributed by atoms with Gasteiger partial charge >= 0.3 is 0 Å². The highest BCUT2D eigenvalue weighted by Gasteiger charge is 2.62. The molecule has 36 heavy (non-hydrogen) atoms. The van der Waals surface area contributed by atoms with Gasteiger partial charge in [0.1, 0.15) is 0 Å². The number of benzene rings is 1. The first kappa shape index (κ1) is 25.4. The van der Waals surface area contributed by atoms with Gasteiger partial charge in [-0.15, -0.1) is 0 Å². The van der Waals surface area contributed by atoms with Crippen LogP contribution in [0.4, 0.5) is 5.69 Å². The van der Waals surface area contributed by atoms with Crippen LogP contribution in [0.5, 0.6) is 0 Å². The molecular weight excluding hydrogens is 514 g/mol. The molecule has 8 unspecified atom stereocenters. The lowest BCUT2D eigenvalue weighted by molar-refractivity contribution is -0.172. The average Bonchev–Trinajstić information content (AvgIpc) is 3.41. The van der Waals surface area contributed by atoms with Crippen LogP contribution in [0.3, 0.4) is 0 Å². The minimum atomic E-state index is -0.210. The van der Waals surface area contributed by atoms with Crippen LogP contribution in [-0.2, 0) is 11.2 Å². The van der Waals surface area contributed by atoms with Crippen LogP contribution in [-0.4, -0.2) is 34.9 Å². The third-order valence-corrected chi connectivity index (χ3v) is 12.5. The number of amides is 1. The lowest BCUT2D eigenvalue weighted by Gasteiger charge is -2.62. The van der Waals surface area contributed by atoms with E-state index in [1.54, 1.807) is 0 Å². The number of nitrogens with zero attached hydrogens (tertiary/aromatic N) is 1. The molecular formula is C31H44BrNO3. The third kappa shape index (κ3) is 4.02. The zero-order chi connectivity index (χ0) is 25.2. The Morgan fingerprint density at radius 1 is 1.06 bits per heavy atom. The first-order valence-electron chi connectivity index (χ1n) is 14.7. The maximum atomic E-state index is 13.1. The molecule has 1 heterocycles. The number of carbonyl (C=O) groups excluding carboxylic acids is 1. The summed E-state index contributed by atoms with van der Waals surface area (Å²) >= 11 is 3.55. The van der Waals surface area contributed by atoms with Crippen molar-refractivity contribution in [2.24, 2.45) is 40.4 Å². The fraction of sp³-hybridized carbons (Fsp3) is 0.774. The van der Waals surface area contributed by atoms with Crippen LogP contribution in [0.2, 0.25) is 0 Å². The minimum Gasteiger partial charge on any atom is -0.393 e. The van der Waals surface area contributed by atoms with Crippen molar-refractivity contribution in [3.63, 3.8) is 0 Å². The molecule has 9 atom stereocenters. The van der Waals surface area contributed by atoms with Crippen LogP contribution in [0.15, 0.2) is 22.7 Å². The lowest BCUT2D eigenvalue weighted by Crippen LogP contribution is -2.58. The minimum absolute atomic E-state index is 0.171. The summed E-state index contributed by atoms with van der Waals surface area (Å²) in [5.41, 5.74) is 2.96. The number of fused-ring (bicyclic) bond motifs is 6. The second kappa shape index (κ2) is 9.38. The van der Waals surface area contributed by atoms with E-state index in [2.05, 4.69) is 41.9 Å². The molecule has 0 spiro atoms. The Bertz CT molecular complexity index is 1010. The molecule has 1 aromatic carbocycles. The Balaban J connectivity index is 1.10. The van der Waals surface area contributed by atoms with Crippen LogP contribution in [0.25, 0.3) is 0 Å². The Morgan fingerprint density at radius 3 is 2.67 bits per heavy atom. The lowest BCUT2D eigenvalue weighted by atomic mass is 9.44. The summed E-state index contributed by atoms with van der Waals surface area (Å²) in [6, 6.07) is 6.27. The van der Waals surface area contributed by atoms with Crippen molar-refractivity contribution in [1.82, 2.24) is 0 Å². The second-order valence-electron chi connectivity index (χ2n) is 13.5. The van der Waals surface area contributed by atoms with E-state index >= 15 is 0 Å². The number of hydrogen-bond acceptors (Lipinski definition) is 3. The predicted octanol–water partition coefficient (Wildman–Crippen LogP) is 6.50. The van der Waals surface area contributed by atoms with Crippen LogP contribution in [0.1, 0.15) is 90.0 Å². The summed E-state index contributed by atoms with van der Waals surface area (Å²) in [6.45, 7) is 5.82. The number of anilines is 1. The maximum absolute atomic E-state index is 13.1. The van der Waals surface area contributed by atoms with E-state index in [1.807, 2.05) is 11.0 Å². The van der Waals surface area contributed by atoms with Crippen molar-refractivity contribution >= 4 is 27.5 Å². The maximum Gasteiger partial charge on any atom is 0.226 e. The Labute approximate surface area is 225 Å². The summed E-state index contributed by atoms with van der Waals surface area (Å²) in [5.74, 6) is 3.06. The van der Waals surface area contributed by atoms with E-state index in [4.69, 9.17) is 0 Å². The Kier molecular flexibility index (Phi) is 6.61. The van der Waals surface area contributed by atoms with Gasteiger partial charge in [0.2, 0.25) is 5.91 Å². The molecule has 5 aliphatic rings. The zero-order valence-corrected chi connectivity index (χ0v) is 23.7. The smallest absolute Gasteiger partial charge is 0.226 e. The molecule has 0 aromatic heterocycles. The van der Waals surface area contributed by atoms with Crippen molar-refractivity contribution in [3.05, 3.63) is 28.2 Å². The summed E-state index contributed by atoms with van der Waals surface area (Å²) in [7, 11) is 0. The first-order valence-corrected chi connectivity index (χ1v) is 15.4. The van der Waals surface area contributed by atoms with Gasteiger partial charge in [-0.2, -0.15) is 0 Å². The van der Waals surface area contributed by atoms with Gasteiger partial charge in [0.15, 0.2) is 0 Å². The Hall–Kier alpha value is -0.910. The molecule has 1 amide bonds. The molecule has 4 aliphatic carbocycles. The highest BCUT2D eigenvalue weighted by atomic mass is 79.9. The number of aliphatic hydroxyl groups excluding tert-OH is 2. The molecule has 0 saturated heterocycles. The van der Waals surface area contributed by atoms with E-state index < -0.39 is 0 Å². The molecule has 4 fully saturated rings. The van der Waals surface area contributed by atoms with Gasteiger partial charge in [-0.3, -0.25) is 4.79 Å². The molecule has 1 aliphatic heterocycles. The van der Waals surface area contributed by atoms with Gasteiger partial charge in [0.05, 0.1) is 12.2 Å². The number of halogens is 1. The molecule has 4 saturated carbocycles. The molecule has 198 valence electrons. The topological polar surface area (TPSA) is 60.8 Å². The monoisotopic (exact) mass is 557 g/mol. The highest BCUT2D eigenvalue weighted by Crippen LogP contribution is 2.67. The molecule has 0 radical (unpaired) electrons. The van der Waals surface area contributed by atoms with Gasteiger partial charge in [-0.05, 0) is 135 Å². The average molecular weight is 559 g/mol. The zero-order valence-electron chi connectivity index (χ0n) is 22.1. The van der Waals surface area contributed by atoms with E-state index in [0.29, 0.717) is 41.4 Å². The van der Waals surface area contributed by atoms with E-state index in [1.165, 1.54) is 31.2 Å². The van der Waals surface area contributed by atoms with Crippen molar-refractivity contribution in [2.45, 2.75) is 103 Å². The fourth-order valence-corrected chi connectivity index (χ4v) is 10.5. The SMILES string of the molecule is CC12CCC3C(C(O)CC4C[C@H](O)CCC43C)C1CCC2CCCC(=O)N1CCc2cc(Br)ccc21. The van der Waals surface area contributed by atoms with E-state index in [9.17, 15) is 15.0 Å². The van der Waals surface area contributed by atoms with Crippen LogP contribution in [0, 0.1) is 40.4 Å². The fourth-order valence-electron chi connectivity index (χ4n) is 10.0. The number of aliphatic hydroxyl groups is 2. The summed E-state index contributed by atoms with van der Waals surface area (Å²) in [6.07, 6.45) is 12.1. The quantitative estimate of drug-likeness (QED) is 0.444. The number of carbonyl (C=O) groups is 1. The normalized spacial score (nSPS) is 43.5. The third-order valence-electron chi connectivity index (χ3n) is 12.0. The van der Waals surface area contributed by atoms with Gasteiger partial charge < -0.3 is 15.1 Å². The van der Waals surface area contributed by atoms with Crippen LogP contribution >= 0.6 is 15.9 Å². The second-order valence-corrected chi connectivity index (χ2v) is 14.4. The summed E-state index contributed by atoms with van der Waals surface area (Å²) in [4.78, 5) is 15.1. The van der Waals surface area contributed by atoms with Gasteiger partial charge in [0.25, 0.3) is 0 Å². The molecule has 2 N–H and O–H groups in total. The molecule has 6 rings (SSSR count). The first-order chi connectivity index (χ1) is 17.2. The standard InChI is InChI=1S/C31H44BrNO3/c1-30-14-11-25-29(27(35)18-21-17-23(34)10-13-31(21,25)2)24(30)8-6-20(30)4-3-5-28(36)33-15-12-19-16-22(32)7-9-26(19)33/h7,9,16,20-21,23-25,27,29,34-35H,3-6,8,10-15,17-18H2,1-2H3/t20?,21?,23-,24?,25?,27?,29?,30?,31?/m1/s1. The molecule has 0 bridgehead atoms.